The number of hydrogen-bond acceptors (Lipinski definition) is 3. The number of aryl methyl sites for hydroxylation is 1. The van der Waals surface area contributed by atoms with Crippen LogP contribution in [-0.2, 0) is 6.54 Å². The van der Waals surface area contributed by atoms with E-state index in [4.69, 9.17) is 33.3 Å². The van der Waals surface area contributed by atoms with Crippen LogP contribution in [0.5, 0.6) is 11.5 Å². The Kier molecular flexibility index (Phi) is 5.38. The highest BCUT2D eigenvalue weighted by molar-refractivity contribution is 7.80. The molecule has 7 heteroatoms. The Morgan fingerprint density at radius 3 is 2.70 bits per heavy atom. The number of hydrogen-bond donors (Lipinski definition) is 2. The van der Waals surface area contributed by atoms with Crippen molar-refractivity contribution in [2.75, 3.05) is 38.3 Å². The Bertz CT molecular complexity index is 853. The maximum absolute atomic E-state index is 6.20. The fourth-order valence-electron chi connectivity index (χ4n) is 3.42. The van der Waals surface area contributed by atoms with Crippen molar-refractivity contribution in [2.24, 2.45) is 0 Å². The van der Waals surface area contributed by atoms with Crippen molar-refractivity contribution in [2.45, 2.75) is 13.5 Å². The molecule has 0 radical (unpaired) electrons. The molecule has 2 aliphatic rings. The second kappa shape index (κ2) is 7.92. The fourth-order valence-corrected chi connectivity index (χ4v) is 3.90. The number of nitrogens with one attached hydrogen (secondary N) is 2. The highest BCUT2D eigenvalue weighted by Crippen LogP contribution is 2.32. The van der Waals surface area contributed by atoms with E-state index in [1.54, 1.807) is 4.90 Å². The monoisotopic (exact) mass is 404 g/mol. The van der Waals surface area contributed by atoms with Crippen molar-refractivity contribution in [1.29, 1.82) is 0 Å². The molecule has 0 bridgehead atoms. The van der Waals surface area contributed by atoms with Crippen molar-refractivity contribution >= 4 is 34.6 Å². The summed E-state index contributed by atoms with van der Waals surface area (Å²) in [5, 5.41) is 4.82. The molecule has 2 aliphatic heterocycles. The molecule has 2 heterocycles. The first-order chi connectivity index (χ1) is 13.1. The Labute approximate surface area is 169 Å². The number of nitrogens with zero attached hydrogens (tertiary/aromatic N) is 1. The van der Waals surface area contributed by atoms with Gasteiger partial charge in [-0.25, -0.2) is 0 Å². The molecule has 4 rings (SSSR count). The van der Waals surface area contributed by atoms with Crippen LogP contribution in [0.15, 0.2) is 36.4 Å². The van der Waals surface area contributed by atoms with Crippen molar-refractivity contribution in [3.8, 4) is 11.5 Å². The zero-order valence-electron chi connectivity index (χ0n) is 15.3. The fraction of sp³-hybridized carbons (Fsp3) is 0.350. The minimum Gasteiger partial charge on any atom is -0.454 e. The number of benzene rings is 2. The van der Waals surface area contributed by atoms with Crippen LogP contribution in [0.2, 0.25) is 5.02 Å². The van der Waals surface area contributed by atoms with Gasteiger partial charge in [-0.3, -0.25) is 0 Å². The molecule has 27 heavy (non-hydrogen) atoms. The first-order valence-corrected chi connectivity index (χ1v) is 9.91. The Balaban J connectivity index is 1.29. The van der Waals surface area contributed by atoms with E-state index in [9.17, 15) is 0 Å². The van der Waals surface area contributed by atoms with Crippen LogP contribution in [0, 0.1) is 6.92 Å². The lowest BCUT2D eigenvalue weighted by molar-refractivity contribution is -0.917. The summed E-state index contributed by atoms with van der Waals surface area (Å²) >= 11 is 11.8. The standard InChI is InChI=1S/C20H22ClN3O2S/c1-14-2-4-16(11-17(14)21)22-20(27)24-8-6-23(7-9-24)12-15-3-5-18-19(10-15)26-13-25-18/h2-5,10-11H,6-9,12-13H2,1H3,(H,22,27)/p+1. The van der Waals surface area contributed by atoms with Gasteiger partial charge in [0.2, 0.25) is 6.79 Å². The summed E-state index contributed by atoms with van der Waals surface area (Å²) in [5.41, 5.74) is 3.28. The summed E-state index contributed by atoms with van der Waals surface area (Å²) in [6, 6.07) is 12.1. The van der Waals surface area contributed by atoms with Gasteiger partial charge in [-0.1, -0.05) is 17.7 Å². The molecule has 2 aromatic rings. The Morgan fingerprint density at radius 1 is 1.15 bits per heavy atom. The van der Waals surface area contributed by atoms with E-state index in [0.29, 0.717) is 6.79 Å². The number of halogens is 1. The van der Waals surface area contributed by atoms with Crippen LogP contribution in [0.25, 0.3) is 0 Å². The first kappa shape index (κ1) is 18.3. The molecule has 0 amide bonds. The van der Waals surface area contributed by atoms with Gasteiger partial charge in [-0.2, -0.15) is 0 Å². The van der Waals surface area contributed by atoms with E-state index in [0.717, 1.165) is 65.6 Å². The number of piperazine rings is 1. The third-order valence-electron chi connectivity index (χ3n) is 5.07. The van der Waals surface area contributed by atoms with E-state index < -0.39 is 0 Å². The van der Waals surface area contributed by atoms with Crippen LogP contribution < -0.4 is 19.7 Å². The normalized spacial score (nSPS) is 16.4. The van der Waals surface area contributed by atoms with Crippen LogP contribution in [-0.4, -0.2) is 43.0 Å². The quantitative estimate of drug-likeness (QED) is 0.769. The third kappa shape index (κ3) is 4.29. The molecule has 1 saturated heterocycles. The van der Waals surface area contributed by atoms with E-state index in [2.05, 4.69) is 22.3 Å². The molecule has 0 saturated carbocycles. The smallest absolute Gasteiger partial charge is 0.231 e. The highest BCUT2D eigenvalue weighted by atomic mass is 35.5. The largest absolute Gasteiger partial charge is 0.454 e. The summed E-state index contributed by atoms with van der Waals surface area (Å²) in [6.45, 7) is 7.26. The third-order valence-corrected chi connectivity index (χ3v) is 5.84. The molecule has 0 unspecified atom stereocenters. The molecule has 2 aromatic carbocycles. The molecule has 0 atom stereocenters. The molecular formula is C20H23ClN3O2S+. The summed E-state index contributed by atoms with van der Waals surface area (Å²) in [4.78, 5) is 3.78. The summed E-state index contributed by atoms with van der Waals surface area (Å²) in [6.07, 6.45) is 0. The second-order valence-electron chi connectivity index (χ2n) is 7.00. The van der Waals surface area contributed by atoms with Crippen molar-refractivity contribution in [3.63, 3.8) is 0 Å². The minimum absolute atomic E-state index is 0.320. The number of thiocarbonyl (C=S) groups is 1. The Morgan fingerprint density at radius 2 is 1.93 bits per heavy atom. The van der Waals surface area contributed by atoms with Crippen molar-refractivity contribution in [3.05, 3.63) is 52.5 Å². The highest BCUT2D eigenvalue weighted by Gasteiger charge is 2.23. The number of rotatable bonds is 3. The first-order valence-electron chi connectivity index (χ1n) is 9.13. The molecule has 0 spiro atoms. The summed E-state index contributed by atoms with van der Waals surface area (Å²) < 4.78 is 10.9. The number of quaternary nitrogens is 1. The molecule has 0 aliphatic carbocycles. The molecule has 142 valence electrons. The predicted octanol–water partition coefficient (Wildman–Crippen LogP) is 2.47. The van der Waals surface area contributed by atoms with Crippen LogP contribution >= 0.6 is 23.8 Å². The van der Waals surface area contributed by atoms with E-state index >= 15 is 0 Å². The van der Waals surface area contributed by atoms with Crippen molar-refractivity contribution < 1.29 is 14.4 Å². The number of fused-ring (bicyclic) bond motifs is 1. The predicted molar refractivity (Wildman–Crippen MR) is 111 cm³/mol. The van der Waals surface area contributed by atoms with Gasteiger partial charge >= 0.3 is 0 Å². The molecule has 1 fully saturated rings. The average molecular weight is 405 g/mol. The van der Waals surface area contributed by atoms with Gasteiger partial charge < -0.3 is 24.6 Å². The van der Waals surface area contributed by atoms with Crippen LogP contribution in [0.1, 0.15) is 11.1 Å². The molecular weight excluding hydrogens is 382 g/mol. The molecule has 5 nitrogen and oxygen atoms in total. The SMILES string of the molecule is Cc1ccc(NC(=S)N2CC[NH+](Cc3ccc4c(c3)OCO4)CC2)cc1Cl. The van der Waals surface area contributed by atoms with E-state index in [1.807, 2.05) is 31.2 Å². The second-order valence-corrected chi connectivity index (χ2v) is 7.79. The zero-order valence-corrected chi connectivity index (χ0v) is 16.8. The van der Waals surface area contributed by atoms with Gasteiger partial charge in [0.15, 0.2) is 16.6 Å². The Hall–Kier alpha value is -2.02. The lowest BCUT2D eigenvalue weighted by atomic mass is 10.1. The van der Waals surface area contributed by atoms with Crippen LogP contribution in [0.4, 0.5) is 5.69 Å². The molecule has 2 N–H and O–H groups in total. The average Bonchev–Trinajstić information content (AvgIpc) is 3.13. The number of ether oxygens (including phenoxy) is 2. The summed E-state index contributed by atoms with van der Waals surface area (Å²) in [5.74, 6) is 1.69. The lowest BCUT2D eigenvalue weighted by Crippen LogP contribution is -3.13. The maximum atomic E-state index is 6.20. The number of anilines is 1. The van der Waals surface area contributed by atoms with E-state index in [1.165, 1.54) is 5.56 Å². The maximum Gasteiger partial charge on any atom is 0.231 e. The van der Waals surface area contributed by atoms with Gasteiger partial charge in [0.25, 0.3) is 0 Å². The molecule has 0 aromatic heterocycles. The topological polar surface area (TPSA) is 38.2 Å². The summed E-state index contributed by atoms with van der Waals surface area (Å²) in [7, 11) is 0. The lowest BCUT2D eigenvalue weighted by Gasteiger charge is -2.34. The van der Waals surface area contributed by atoms with Crippen LogP contribution in [0.3, 0.4) is 0 Å². The van der Waals surface area contributed by atoms with Gasteiger partial charge in [-0.05, 0) is 55.0 Å². The van der Waals surface area contributed by atoms with E-state index in [-0.39, 0.29) is 0 Å². The zero-order chi connectivity index (χ0) is 18.8. The van der Waals surface area contributed by atoms with Gasteiger partial charge in [0, 0.05) is 16.3 Å². The van der Waals surface area contributed by atoms with Gasteiger partial charge in [0.05, 0.1) is 26.2 Å². The van der Waals surface area contributed by atoms with Crippen molar-refractivity contribution in [1.82, 2.24) is 4.90 Å². The minimum atomic E-state index is 0.320. The van der Waals surface area contributed by atoms with Gasteiger partial charge in [-0.15, -0.1) is 0 Å². The van der Waals surface area contributed by atoms with Gasteiger partial charge in [0.1, 0.15) is 6.54 Å².